The molecule has 1 amide bonds. The molecule has 5 aromatic heterocycles. The summed E-state index contributed by atoms with van der Waals surface area (Å²) in [6.07, 6.45) is 5.82. The second kappa shape index (κ2) is 10.7. The molecule has 1 saturated heterocycles. The molecular formula is C28H25F2N11O2. The number of H-pyrrole nitrogens is 2. The molecule has 1 aromatic carbocycles. The highest BCUT2D eigenvalue weighted by Crippen LogP contribution is 2.34. The highest BCUT2D eigenvalue weighted by molar-refractivity contribution is 6.01. The number of tetrazole rings is 1. The molecule has 7 rings (SSSR count). The lowest BCUT2D eigenvalue weighted by atomic mass is 9.91. The molecule has 0 aliphatic carbocycles. The number of carbonyl (C=O) groups excluding carboxylic acids is 1. The number of nitrogens with one attached hydrogen (secondary N) is 3. The summed E-state index contributed by atoms with van der Waals surface area (Å²) in [5.41, 5.74) is 2.67. The van der Waals surface area contributed by atoms with Crippen LogP contribution in [-0.4, -0.2) is 77.1 Å². The minimum Gasteiger partial charge on any atom is -0.492 e. The summed E-state index contributed by atoms with van der Waals surface area (Å²) in [5, 5.41) is 29.7. The number of hydrogen-bond acceptors (Lipinski definition) is 9. The summed E-state index contributed by atoms with van der Waals surface area (Å²) in [5.74, 6) is -1.35. The van der Waals surface area contributed by atoms with E-state index in [-0.39, 0.29) is 0 Å². The van der Waals surface area contributed by atoms with Crippen LogP contribution < -0.4 is 15.0 Å². The van der Waals surface area contributed by atoms with Crippen LogP contribution in [0.3, 0.4) is 0 Å². The van der Waals surface area contributed by atoms with E-state index in [2.05, 4.69) is 46.1 Å². The van der Waals surface area contributed by atoms with Crippen LogP contribution in [0.15, 0.2) is 55.0 Å². The number of hydrogen-bond donors (Lipinski definition) is 3. The molecule has 1 aliphatic rings. The van der Waals surface area contributed by atoms with Gasteiger partial charge in [0.15, 0.2) is 11.5 Å². The number of pyridine rings is 2. The third-order valence-electron chi connectivity index (χ3n) is 7.61. The Hall–Kier alpha value is -5.47. The molecule has 3 N–H and O–H groups in total. The first-order valence-corrected chi connectivity index (χ1v) is 13.7. The first kappa shape index (κ1) is 26.4. The van der Waals surface area contributed by atoms with Crippen LogP contribution in [0.2, 0.25) is 0 Å². The smallest absolute Gasteiger partial charge is 0.257 e. The molecule has 1 fully saturated rings. The van der Waals surface area contributed by atoms with Gasteiger partial charge < -0.3 is 15.0 Å². The molecule has 6 heterocycles. The summed E-state index contributed by atoms with van der Waals surface area (Å²) in [7, 11) is 0. The number of carbonyl (C=O) groups is 1. The monoisotopic (exact) mass is 585 g/mol. The fourth-order valence-electron chi connectivity index (χ4n) is 5.61. The number of rotatable bonds is 7. The molecule has 0 unspecified atom stereocenters. The second-order valence-electron chi connectivity index (χ2n) is 10.1. The zero-order valence-electron chi connectivity index (χ0n) is 22.8. The zero-order valence-corrected chi connectivity index (χ0v) is 22.8. The summed E-state index contributed by atoms with van der Waals surface area (Å²) >= 11 is 0. The van der Waals surface area contributed by atoms with E-state index >= 15 is 0 Å². The van der Waals surface area contributed by atoms with Crippen molar-refractivity contribution in [2.45, 2.75) is 25.3 Å². The van der Waals surface area contributed by atoms with Crippen LogP contribution >= 0.6 is 0 Å². The Kier molecular flexibility index (Phi) is 6.60. The van der Waals surface area contributed by atoms with Gasteiger partial charge in [0.25, 0.3) is 5.91 Å². The highest BCUT2D eigenvalue weighted by atomic mass is 19.1. The van der Waals surface area contributed by atoms with Gasteiger partial charge in [-0.05, 0) is 43.7 Å². The highest BCUT2D eigenvalue weighted by Gasteiger charge is 2.35. The van der Waals surface area contributed by atoms with Gasteiger partial charge in [-0.3, -0.25) is 9.89 Å². The van der Waals surface area contributed by atoms with E-state index in [9.17, 15) is 13.6 Å². The maximum absolute atomic E-state index is 14.3. The normalized spacial score (nSPS) is 17.0. The van der Waals surface area contributed by atoms with Crippen LogP contribution in [0.4, 0.5) is 14.6 Å². The summed E-state index contributed by atoms with van der Waals surface area (Å²) < 4.78 is 36.1. The van der Waals surface area contributed by atoms with Crippen molar-refractivity contribution in [3.8, 4) is 16.9 Å². The standard InChI is InChI=1S/C28H25F2N11O2/c1-2-43-16-10-17(25-18-12-32-34-27(18)37-41(25)13-16)15-6-7-23(31-11-15)40-9-8-22(19(14-40)26-35-38-39-36-26)33-28(42)24-20(29)4-3-5-21(24)30/h3-7,10-13,19,22H,2,8-9,14H2,1H3,(H,33,42)(H,34,37)(H,35,36,38,39)/t19-,22+/m1/s1. The Bertz CT molecular complexity index is 1900. The van der Waals surface area contributed by atoms with Crippen LogP contribution in [-0.2, 0) is 0 Å². The number of amides is 1. The van der Waals surface area contributed by atoms with Crippen molar-refractivity contribution in [1.82, 2.24) is 50.7 Å². The topological polar surface area (TPSA) is 155 Å². The van der Waals surface area contributed by atoms with Crippen molar-refractivity contribution in [2.24, 2.45) is 0 Å². The number of anilines is 1. The molecule has 6 aromatic rings. The van der Waals surface area contributed by atoms with Crippen molar-refractivity contribution in [2.75, 3.05) is 24.6 Å². The number of aromatic nitrogens is 9. The van der Waals surface area contributed by atoms with Crippen LogP contribution in [0.1, 0.15) is 35.4 Å². The predicted molar refractivity (Wildman–Crippen MR) is 151 cm³/mol. The van der Waals surface area contributed by atoms with Gasteiger partial charge >= 0.3 is 0 Å². The van der Waals surface area contributed by atoms with Crippen LogP contribution in [0, 0.1) is 11.6 Å². The third kappa shape index (κ3) is 4.77. The van der Waals surface area contributed by atoms with Gasteiger partial charge in [-0.2, -0.15) is 10.3 Å². The molecule has 1 aliphatic heterocycles. The average Bonchev–Trinajstić information content (AvgIpc) is 3.76. The fraction of sp³-hybridized carbons (Fsp3) is 0.250. The van der Waals surface area contributed by atoms with E-state index in [1.807, 2.05) is 31.3 Å². The summed E-state index contributed by atoms with van der Waals surface area (Å²) in [6, 6.07) is 8.68. The van der Waals surface area contributed by atoms with E-state index in [1.54, 1.807) is 16.9 Å². The van der Waals surface area contributed by atoms with Crippen molar-refractivity contribution in [1.29, 1.82) is 0 Å². The lowest BCUT2D eigenvalue weighted by Crippen LogP contribution is -2.50. The first-order chi connectivity index (χ1) is 21.0. The van der Waals surface area contributed by atoms with Gasteiger partial charge in [0, 0.05) is 36.5 Å². The molecule has 0 bridgehead atoms. The fourth-order valence-corrected chi connectivity index (χ4v) is 5.61. The van der Waals surface area contributed by atoms with Crippen LogP contribution in [0.5, 0.6) is 5.75 Å². The molecule has 218 valence electrons. The maximum Gasteiger partial charge on any atom is 0.257 e. The zero-order chi connectivity index (χ0) is 29.5. The molecule has 15 heteroatoms. The summed E-state index contributed by atoms with van der Waals surface area (Å²) in [4.78, 5) is 19.7. The molecule has 2 atom stereocenters. The van der Waals surface area contributed by atoms with Gasteiger partial charge in [-0.15, -0.1) is 15.3 Å². The third-order valence-corrected chi connectivity index (χ3v) is 7.61. The Morgan fingerprint density at radius 1 is 1.19 bits per heavy atom. The van der Waals surface area contributed by atoms with E-state index in [4.69, 9.17) is 9.72 Å². The van der Waals surface area contributed by atoms with Crippen molar-refractivity contribution in [3.63, 3.8) is 0 Å². The Balaban J connectivity index is 1.16. The van der Waals surface area contributed by atoms with E-state index in [0.717, 1.165) is 34.2 Å². The average molecular weight is 586 g/mol. The quantitative estimate of drug-likeness (QED) is 0.256. The van der Waals surface area contributed by atoms with Crippen LogP contribution in [0.25, 0.3) is 27.7 Å². The van der Waals surface area contributed by atoms with E-state index in [1.165, 1.54) is 6.07 Å². The van der Waals surface area contributed by atoms with Gasteiger partial charge in [0.05, 0.1) is 35.8 Å². The lowest BCUT2D eigenvalue weighted by Gasteiger charge is -2.38. The van der Waals surface area contributed by atoms with Crippen molar-refractivity contribution >= 4 is 28.3 Å². The maximum atomic E-state index is 14.3. The SMILES string of the molecule is CCOc1cc(-c2ccc(N3CC[C@H](NC(=O)c4c(F)cccc4F)[C@H](c4nn[nH]n4)C3)nc2)c2c3cn[nH]c3nn2c1. The second-order valence-corrected chi connectivity index (χ2v) is 10.1. The lowest BCUT2D eigenvalue weighted by molar-refractivity contribution is 0.0916. The number of piperidine rings is 1. The molecular weight excluding hydrogens is 560 g/mol. The number of ether oxygens (including phenoxy) is 1. The van der Waals surface area contributed by atoms with E-state index in [0.29, 0.717) is 49.2 Å². The molecule has 0 radical (unpaired) electrons. The molecule has 0 saturated carbocycles. The molecule has 13 nitrogen and oxygen atoms in total. The predicted octanol–water partition coefficient (Wildman–Crippen LogP) is 3.26. The number of nitrogens with zero attached hydrogens (tertiary/aromatic N) is 8. The molecule has 0 spiro atoms. The number of fused-ring (bicyclic) bond motifs is 3. The van der Waals surface area contributed by atoms with Crippen molar-refractivity contribution in [3.05, 3.63) is 78.0 Å². The summed E-state index contributed by atoms with van der Waals surface area (Å²) in [6.45, 7) is 3.34. The number of benzene rings is 1. The Labute approximate surface area is 242 Å². The van der Waals surface area contributed by atoms with Gasteiger partial charge in [-0.1, -0.05) is 11.3 Å². The first-order valence-electron chi connectivity index (χ1n) is 13.7. The number of aromatic amines is 2. The Morgan fingerprint density at radius 3 is 2.79 bits per heavy atom. The minimum absolute atomic E-state index is 0.376. The van der Waals surface area contributed by atoms with Gasteiger partial charge in [0.2, 0.25) is 0 Å². The number of halogens is 2. The largest absolute Gasteiger partial charge is 0.492 e. The van der Waals surface area contributed by atoms with Crippen molar-refractivity contribution < 1.29 is 18.3 Å². The minimum atomic E-state index is -0.927. The van der Waals surface area contributed by atoms with E-state index < -0.39 is 35.1 Å². The Morgan fingerprint density at radius 2 is 2.05 bits per heavy atom. The molecule has 43 heavy (non-hydrogen) atoms. The van der Waals surface area contributed by atoms with Gasteiger partial charge in [-0.25, -0.2) is 18.3 Å². The van der Waals surface area contributed by atoms with Gasteiger partial charge in [0.1, 0.15) is 28.8 Å².